The molecule has 3 rings (SSSR count). The van der Waals surface area contributed by atoms with Gasteiger partial charge in [-0.1, -0.05) is 19.3 Å². The van der Waals surface area contributed by atoms with Crippen molar-refractivity contribution >= 4 is 0 Å². The molecule has 0 aromatic carbocycles. The Morgan fingerprint density at radius 1 is 1.12 bits per heavy atom. The summed E-state index contributed by atoms with van der Waals surface area (Å²) in [5.41, 5.74) is 6.80. The number of nitrogens with one attached hydrogen (secondary N) is 1. The van der Waals surface area contributed by atoms with Crippen LogP contribution in [0, 0.1) is 17.8 Å². The molecule has 0 heterocycles. The maximum absolute atomic E-state index is 6.38. The van der Waals surface area contributed by atoms with Gasteiger partial charge in [0.25, 0.3) is 0 Å². The molecule has 0 aromatic heterocycles. The van der Waals surface area contributed by atoms with Gasteiger partial charge >= 0.3 is 0 Å². The van der Waals surface area contributed by atoms with Gasteiger partial charge in [0.05, 0.1) is 0 Å². The second-order valence-corrected chi connectivity index (χ2v) is 7.08. The van der Waals surface area contributed by atoms with Gasteiger partial charge in [0.1, 0.15) is 0 Å². The first-order chi connectivity index (χ1) is 8.18. The maximum atomic E-state index is 6.38. The Bertz CT molecular complexity index is 268. The molecule has 3 fully saturated rings. The molecule has 3 aliphatic rings. The van der Waals surface area contributed by atoms with E-state index in [2.05, 4.69) is 12.2 Å². The standard InChI is InChI=1S/C15H28N2/c1-15(7-3-2-4-8-15)17-10-13-11-5-6-12(9-11)14(13)16/h11-14,17H,2-10,16H2,1H3. The van der Waals surface area contributed by atoms with Crippen molar-refractivity contribution in [2.24, 2.45) is 23.5 Å². The van der Waals surface area contributed by atoms with E-state index in [0.717, 1.165) is 17.8 Å². The summed E-state index contributed by atoms with van der Waals surface area (Å²) in [5, 5.41) is 3.88. The topological polar surface area (TPSA) is 38.0 Å². The molecule has 3 N–H and O–H groups in total. The predicted molar refractivity (Wildman–Crippen MR) is 71.8 cm³/mol. The number of fused-ring (bicyclic) bond motifs is 2. The van der Waals surface area contributed by atoms with E-state index < -0.39 is 0 Å². The molecule has 98 valence electrons. The highest BCUT2D eigenvalue weighted by Gasteiger charge is 2.45. The Morgan fingerprint density at radius 3 is 2.47 bits per heavy atom. The van der Waals surface area contributed by atoms with Crippen LogP contribution < -0.4 is 11.1 Å². The molecule has 0 aliphatic heterocycles. The molecule has 4 atom stereocenters. The van der Waals surface area contributed by atoms with Gasteiger partial charge in [0.2, 0.25) is 0 Å². The van der Waals surface area contributed by atoms with Gasteiger partial charge in [0.15, 0.2) is 0 Å². The van der Waals surface area contributed by atoms with E-state index in [1.807, 2.05) is 0 Å². The van der Waals surface area contributed by atoms with Crippen LogP contribution >= 0.6 is 0 Å². The van der Waals surface area contributed by atoms with E-state index >= 15 is 0 Å². The molecule has 3 saturated carbocycles. The van der Waals surface area contributed by atoms with E-state index in [1.54, 1.807) is 0 Å². The van der Waals surface area contributed by atoms with E-state index in [4.69, 9.17) is 5.73 Å². The van der Waals surface area contributed by atoms with Crippen molar-refractivity contribution in [1.82, 2.24) is 5.32 Å². The summed E-state index contributed by atoms with van der Waals surface area (Å²) in [4.78, 5) is 0. The fourth-order valence-corrected chi connectivity index (χ4v) is 4.63. The van der Waals surface area contributed by atoms with E-state index in [0.29, 0.717) is 11.6 Å². The minimum absolute atomic E-state index is 0.416. The highest BCUT2D eigenvalue weighted by molar-refractivity contribution is 5.00. The monoisotopic (exact) mass is 236 g/mol. The normalized spacial score (nSPS) is 44.1. The molecule has 0 aromatic rings. The summed E-state index contributed by atoms with van der Waals surface area (Å²) in [5.74, 6) is 2.56. The number of rotatable bonds is 3. The molecule has 0 amide bonds. The van der Waals surface area contributed by atoms with E-state index in [9.17, 15) is 0 Å². The van der Waals surface area contributed by atoms with Crippen molar-refractivity contribution in [1.29, 1.82) is 0 Å². The van der Waals surface area contributed by atoms with Crippen LogP contribution in [0.4, 0.5) is 0 Å². The van der Waals surface area contributed by atoms with Gasteiger partial charge in [-0.3, -0.25) is 0 Å². The first-order valence-electron chi connectivity index (χ1n) is 7.69. The summed E-state index contributed by atoms with van der Waals surface area (Å²) in [6.07, 6.45) is 11.3. The van der Waals surface area contributed by atoms with Crippen LogP contribution in [0.3, 0.4) is 0 Å². The van der Waals surface area contributed by atoms with Gasteiger partial charge in [-0.25, -0.2) is 0 Å². The molecule has 17 heavy (non-hydrogen) atoms. The van der Waals surface area contributed by atoms with Crippen molar-refractivity contribution in [3.05, 3.63) is 0 Å². The third-order valence-corrected chi connectivity index (χ3v) is 5.88. The fourth-order valence-electron chi connectivity index (χ4n) is 4.63. The largest absolute Gasteiger partial charge is 0.327 e. The zero-order valence-corrected chi connectivity index (χ0v) is 11.3. The number of nitrogens with two attached hydrogens (primary N) is 1. The zero-order valence-electron chi connectivity index (χ0n) is 11.3. The van der Waals surface area contributed by atoms with Crippen LogP contribution in [0.5, 0.6) is 0 Å². The highest BCUT2D eigenvalue weighted by Crippen LogP contribution is 2.47. The van der Waals surface area contributed by atoms with Crippen molar-refractivity contribution < 1.29 is 0 Å². The lowest BCUT2D eigenvalue weighted by Gasteiger charge is -2.38. The minimum Gasteiger partial charge on any atom is -0.327 e. The Morgan fingerprint density at radius 2 is 1.82 bits per heavy atom. The minimum atomic E-state index is 0.416. The Hall–Kier alpha value is -0.0800. The average molecular weight is 236 g/mol. The molecule has 0 spiro atoms. The third-order valence-electron chi connectivity index (χ3n) is 5.88. The molecule has 3 aliphatic carbocycles. The third kappa shape index (κ3) is 2.26. The summed E-state index contributed by atoms with van der Waals surface area (Å²) in [7, 11) is 0. The quantitative estimate of drug-likeness (QED) is 0.790. The van der Waals surface area contributed by atoms with Crippen molar-refractivity contribution in [2.45, 2.75) is 69.9 Å². The molecule has 0 radical (unpaired) electrons. The van der Waals surface area contributed by atoms with E-state index in [1.165, 1.54) is 57.9 Å². The van der Waals surface area contributed by atoms with Gasteiger partial charge in [-0.05, 0) is 56.8 Å². The fraction of sp³-hybridized carbons (Fsp3) is 1.00. The molecular formula is C15H28N2. The predicted octanol–water partition coefficient (Wildman–Crippen LogP) is 2.67. The number of hydrogen-bond donors (Lipinski definition) is 2. The summed E-state index contributed by atoms with van der Waals surface area (Å²) < 4.78 is 0. The van der Waals surface area contributed by atoms with Crippen LogP contribution in [0.1, 0.15) is 58.3 Å². The Kier molecular flexibility index (Phi) is 3.20. The summed E-state index contributed by atoms with van der Waals surface area (Å²) in [6, 6.07) is 0.494. The molecular weight excluding hydrogens is 208 g/mol. The van der Waals surface area contributed by atoms with Crippen LogP contribution in [0.15, 0.2) is 0 Å². The van der Waals surface area contributed by atoms with Crippen LogP contribution in [0.2, 0.25) is 0 Å². The second kappa shape index (κ2) is 4.55. The van der Waals surface area contributed by atoms with Crippen molar-refractivity contribution in [3.8, 4) is 0 Å². The van der Waals surface area contributed by atoms with Crippen LogP contribution in [-0.4, -0.2) is 18.1 Å². The molecule has 2 nitrogen and oxygen atoms in total. The zero-order chi connectivity index (χ0) is 11.9. The molecule has 2 heteroatoms. The Balaban J connectivity index is 1.54. The van der Waals surface area contributed by atoms with Crippen LogP contribution in [-0.2, 0) is 0 Å². The lowest BCUT2D eigenvalue weighted by molar-refractivity contribution is 0.206. The van der Waals surface area contributed by atoms with E-state index in [-0.39, 0.29) is 0 Å². The maximum Gasteiger partial charge on any atom is 0.0153 e. The van der Waals surface area contributed by atoms with Crippen molar-refractivity contribution in [2.75, 3.05) is 6.54 Å². The average Bonchev–Trinajstić information content (AvgIpc) is 2.89. The summed E-state index contributed by atoms with van der Waals surface area (Å²) in [6.45, 7) is 3.60. The first-order valence-corrected chi connectivity index (χ1v) is 7.69. The van der Waals surface area contributed by atoms with Gasteiger partial charge < -0.3 is 11.1 Å². The van der Waals surface area contributed by atoms with Gasteiger partial charge in [-0.15, -0.1) is 0 Å². The molecule has 2 bridgehead atoms. The van der Waals surface area contributed by atoms with Crippen molar-refractivity contribution in [3.63, 3.8) is 0 Å². The first kappa shape index (κ1) is 12.0. The second-order valence-electron chi connectivity index (χ2n) is 7.08. The SMILES string of the molecule is CC1(NCC2C3CCC(C3)C2N)CCCCC1. The lowest BCUT2D eigenvalue weighted by Crippen LogP contribution is -2.49. The molecule has 0 saturated heterocycles. The summed E-state index contributed by atoms with van der Waals surface area (Å²) >= 11 is 0. The van der Waals surface area contributed by atoms with Gasteiger partial charge in [0, 0.05) is 18.1 Å². The van der Waals surface area contributed by atoms with Crippen LogP contribution in [0.25, 0.3) is 0 Å². The lowest BCUT2D eigenvalue weighted by atomic mass is 9.81. The Labute approximate surface area is 106 Å². The highest BCUT2D eigenvalue weighted by atomic mass is 15.0. The molecule has 4 unspecified atom stereocenters. The smallest absolute Gasteiger partial charge is 0.0153 e. The number of hydrogen-bond acceptors (Lipinski definition) is 2. The van der Waals surface area contributed by atoms with Gasteiger partial charge in [-0.2, -0.15) is 0 Å².